The van der Waals surface area contributed by atoms with Gasteiger partial charge in [-0.15, -0.1) is 11.3 Å². The molecule has 0 aliphatic rings. The molecule has 2 rings (SSSR count). The van der Waals surface area contributed by atoms with Crippen LogP contribution in [-0.4, -0.2) is 27.9 Å². The lowest BCUT2D eigenvalue weighted by molar-refractivity contribution is 0.0955. The predicted octanol–water partition coefficient (Wildman–Crippen LogP) is 2.85. The Bertz CT molecular complexity index is 785. The van der Waals surface area contributed by atoms with Crippen LogP contribution in [0.2, 0.25) is 0 Å². The summed E-state index contributed by atoms with van der Waals surface area (Å²) < 4.78 is 39.5. The molecule has 1 aromatic carbocycles. The van der Waals surface area contributed by atoms with Gasteiger partial charge in [0, 0.05) is 13.6 Å². The van der Waals surface area contributed by atoms with E-state index in [4.69, 9.17) is 0 Å². The molecule has 8 heteroatoms. The minimum Gasteiger partial charge on any atom is -0.351 e. The molecule has 1 aromatic heterocycles. The molecule has 23 heavy (non-hydrogen) atoms. The molecule has 0 aliphatic carbocycles. The van der Waals surface area contributed by atoms with Crippen LogP contribution < -0.4 is 9.62 Å². The number of carbonyl (C=O) groups is 1. The lowest BCUT2D eigenvalue weighted by Gasteiger charge is -2.19. The quantitative estimate of drug-likeness (QED) is 0.865. The maximum atomic E-state index is 13.0. The predicted molar refractivity (Wildman–Crippen MR) is 88.9 cm³/mol. The fourth-order valence-corrected chi connectivity index (χ4v) is 4.43. The zero-order valence-corrected chi connectivity index (χ0v) is 14.4. The first kappa shape index (κ1) is 17.4. The molecule has 0 aliphatic heterocycles. The monoisotopic (exact) mass is 356 g/mol. The Labute approximate surface area is 138 Å². The summed E-state index contributed by atoms with van der Waals surface area (Å²) in [6, 6.07) is 6.51. The smallest absolute Gasteiger partial charge is 0.265 e. The third kappa shape index (κ3) is 3.70. The van der Waals surface area contributed by atoms with Crippen molar-refractivity contribution in [1.82, 2.24) is 5.32 Å². The lowest BCUT2D eigenvalue weighted by atomic mass is 10.3. The highest BCUT2D eigenvalue weighted by molar-refractivity contribution is 7.93. The first-order valence-corrected chi connectivity index (χ1v) is 9.30. The second-order valence-corrected chi connectivity index (χ2v) is 7.67. The molecule has 1 N–H and O–H groups in total. The van der Waals surface area contributed by atoms with Crippen LogP contribution in [0.25, 0.3) is 0 Å². The highest BCUT2D eigenvalue weighted by atomic mass is 32.2. The van der Waals surface area contributed by atoms with Gasteiger partial charge in [-0.2, -0.15) is 0 Å². The Balaban J connectivity index is 2.35. The van der Waals surface area contributed by atoms with Crippen LogP contribution in [0.1, 0.15) is 23.0 Å². The molecular weight excluding hydrogens is 339 g/mol. The number of carbonyl (C=O) groups excluding carboxylic acids is 1. The number of nitrogens with one attached hydrogen (secondary N) is 1. The lowest BCUT2D eigenvalue weighted by Crippen LogP contribution is -2.30. The SMILES string of the molecule is CCCNC(=O)c1sccc1S(=O)(=O)N(C)c1ccc(F)cc1. The number of rotatable bonds is 6. The molecule has 1 heterocycles. The van der Waals surface area contributed by atoms with Gasteiger partial charge in [-0.25, -0.2) is 12.8 Å². The van der Waals surface area contributed by atoms with Gasteiger partial charge in [-0.3, -0.25) is 9.10 Å². The van der Waals surface area contributed by atoms with Gasteiger partial charge in [0.2, 0.25) is 0 Å². The van der Waals surface area contributed by atoms with Gasteiger partial charge in [0.25, 0.3) is 15.9 Å². The normalized spacial score (nSPS) is 11.3. The number of hydrogen-bond donors (Lipinski definition) is 1. The van der Waals surface area contributed by atoms with E-state index >= 15 is 0 Å². The van der Waals surface area contributed by atoms with Crippen LogP contribution in [0, 0.1) is 5.82 Å². The second-order valence-electron chi connectivity index (χ2n) is 4.82. The summed E-state index contributed by atoms with van der Waals surface area (Å²) in [6.45, 7) is 2.39. The van der Waals surface area contributed by atoms with E-state index in [9.17, 15) is 17.6 Å². The highest BCUT2D eigenvalue weighted by Crippen LogP contribution is 2.28. The summed E-state index contributed by atoms with van der Waals surface area (Å²) in [6.07, 6.45) is 0.759. The van der Waals surface area contributed by atoms with Crippen LogP contribution in [0.15, 0.2) is 40.6 Å². The molecule has 0 radical (unpaired) electrons. The number of thiophene rings is 1. The molecule has 0 unspecified atom stereocenters. The van der Waals surface area contributed by atoms with E-state index in [0.717, 1.165) is 22.1 Å². The fraction of sp³-hybridized carbons (Fsp3) is 0.267. The summed E-state index contributed by atoms with van der Waals surface area (Å²) in [4.78, 5) is 12.2. The molecule has 2 aromatic rings. The molecular formula is C15H17FN2O3S2. The summed E-state index contributed by atoms with van der Waals surface area (Å²) in [7, 11) is -2.53. The minimum absolute atomic E-state index is 0.0528. The van der Waals surface area contributed by atoms with E-state index in [-0.39, 0.29) is 9.77 Å². The van der Waals surface area contributed by atoms with Crippen LogP contribution in [0.5, 0.6) is 0 Å². The Kier molecular flexibility index (Phi) is 5.38. The summed E-state index contributed by atoms with van der Waals surface area (Å²) in [5, 5.41) is 4.23. The first-order valence-electron chi connectivity index (χ1n) is 6.98. The Morgan fingerprint density at radius 2 is 1.91 bits per heavy atom. The average Bonchev–Trinajstić information content (AvgIpc) is 3.03. The van der Waals surface area contributed by atoms with Gasteiger partial charge >= 0.3 is 0 Å². The maximum absolute atomic E-state index is 13.0. The third-order valence-electron chi connectivity index (χ3n) is 3.20. The van der Waals surface area contributed by atoms with Crippen LogP contribution >= 0.6 is 11.3 Å². The van der Waals surface area contributed by atoms with Crippen molar-refractivity contribution in [3.63, 3.8) is 0 Å². The number of benzene rings is 1. The fourth-order valence-electron chi connectivity index (χ4n) is 1.92. The van der Waals surface area contributed by atoms with E-state index < -0.39 is 21.7 Å². The van der Waals surface area contributed by atoms with E-state index in [2.05, 4.69) is 5.32 Å². The van der Waals surface area contributed by atoms with Crippen LogP contribution in [0.3, 0.4) is 0 Å². The van der Waals surface area contributed by atoms with Crippen molar-refractivity contribution in [2.75, 3.05) is 17.9 Å². The van der Waals surface area contributed by atoms with Gasteiger partial charge in [0.05, 0.1) is 5.69 Å². The highest BCUT2D eigenvalue weighted by Gasteiger charge is 2.28. The molecule has 5 nitrogen and oxygen atoms in total. The Morgan fingerprint density at radius 1 is 1.26 bits per heavy atom. The van der Waals surface area contributed by atoms with Crippen molar-refractivity contribution in [3.05, 3.63) is 46.4 Å². The third-order valence-corrected chi connectivity index (χ3v) is 6.07. The summed E-state index contributed by atoms with van der Waals surface area (Å²) in [5.41, 5.74) is 0.317. The van der Waals surface area contributed by atoms with E-state index in [1.807, 2.05) is 6.92 Å². The van der Waals surface area contributed by atoms with Crippen LogP contribution in [0.4, 0.5) is 10.1 Å². The zero-order chi connectivity index (χ0) is 17.0. The van der Waals surface area contributed by atoms with Crippen molar-refractivity contribution in [2.24, 2.45) is 0 Å². The summed E-state index contributed by atoms with van der Waals surface area (Å²) in [5.74, 6) is -0.859. The van der Waals surface area contributed by atoms with Crippen molar-refractivity contribution in [2.45, 2.75) is 18.2 Å². The average molecular weight is 356 g/mol. The minimum atomic E-state index is -3.90. The zero-order valence-electron chi connectivity index (χ0n) is 12.7. The molecule has 0 fully saturated rings. The number of nitrogens with zero attached hydrogens (tertiary/aromatic N) is 1. The maximum Gasteiger partial charge on any atom is 0.265 e. The van der Waals surface area contributed by atoms with E-state index in [1.54, 1.807) is 5.38 Å². The number of sulfonamides is 1. The van der Waals surface area contributed by atoms with Crippen molar-refractivity contribution in [1.29, 1.82) is 0 Å². The van der Waals surface area contributed by atoms with Crippen molar-refractivity contribution >= 4 is 33.0 Å². The largest absolute Gasteiger partial charge is 0.351 e. The molecule has 124 valence electrons. The van der Waals surface area contributed by atoms with Gasteiger partial charge in [0.15, 0.2) is 0 Å². The topological polar surface area (TPSA) is 66.5 Å². The van der Waals surface area contributed by atoms with Gasteiger partial charge in [-0.05, 0) is 42.1 Å². The molecule has 0 spiro atoms. The number of halogens is 1. The first-order chi connectivity index (χ1) is 10.9. The van der Waals surface area contributed by atoms with Gasteiger partial charge in [0.1, 0.15) is 15.6 Å². The molecule has 0 bridgehead atoms. The molecule has 0 saturated heterocycles. The van der Waals surface area contributed by atoms with E-state index in [0.29, 0.717) is 12.2 Å². The van der Waals surface area contributed by atoms with Gasteiger partial charge in [-0.1, -0.05) is 6.92 Å². The molecule has 0 saturated carbocycles. The summed E-state index contributed by atoms with van der Waals surface area (Å²) >= 11 is 1.07. The molecule has 0 atom stereocenters. The Hall–Kier alpha value is -1.93. The van der Waals surface area contributed by atoms with Crippen molar-refractivity contribution < 1.29 is 17.6 Å². The van der Waals surface area contributed by atoms with Gasteiger partial charge < -0.3 is 5.32 Å². The molecule has 1 amide bonds. The number of anilines is 1. The van der Waals surface area contributed by atoms with Crippen LogP contribution in [-0.2, 0) is 10.0 Å². The van der Waals surface area contributed by atoms with E-state index in [1.165, 1.54) is 37.4 Å². The second kappa shape index (κ2) is 7.10. The van der Waals surface area contributed by atoms with Crippen molar-refractivity contribution in [3.8, 4) is 0 Å². The number of hydrogen-bond acceptors (Lipinski definition) is 4. The standard InChI is InChI=1S/C15H17FN2O3S2/c1-3-9-17-15(19)14-13(8-10-22-14)23(20,21)18(2)12-6-4-11(16)5-7-12/h4-8,10H,3,9H2,1-2H3,(H,17,19). The Morgan fingerprint density at radius 3 is 2.52 bits per heavy atom. The number of amides is 1.